The minimum Gasteiger partial charge on any atom is -0.425 e. The van der Waals surface area contributed by atoms with Crippen LogP contribution in [-0.2, 0) is 0 Å². The van der Waals surface area contributed by atoms with E-state index in [0.717, 1.165) is 18.9 Å². The van der Waals surface area contributed by atoms with Crippen LogP contribution < -0.4 is 0 Å². The molecule has 1 nitrogen and oxygen atoms in total. The Morgan fingerprint density at radius 3 is 1.72 bits per heavy atom. The van der Waals surface area contributed by atoms with Gasteiger partial charge in [0.2, 0.25) is 8.32 Å². The molecule has 0 aromatic heterocycles. The van der Waals surface area contributed by atoms with Gasteiger partial charge in [0.1, 0.15) is 0 Å². The van der Waals surface area contributed by atoms with E-state index < -0.39 is 8.32 Å². The van der Waals surface area contributed by atoms with Crippen LogP contribution in [0.5, 0.6) is 0 Å². The molecule has 0 spiro atoms. The zero-order chi connectivity index (χ0) is 13.9. The quantitative estimate of drug-likeness (QED) is 0.429. The van der Waals surface area contributed by atoms with Crippen LogP contribution >= 0.6 is 0 Å². The predicted octanol–water partition coefficient (Wildman–Crippen LogP) is 5.15. The van der Waals surface area contributed by atoms with E-state index in [9.17, 15) is 4.80 Å². The van der Waals surface area contributed by atoms with Gasteiger partial charge in [-0.25, -0.2) is 0 Å². The highest BCUT2D eigenvalue weighted by molar-refractivity contribution is 6.82. The fourth-order valence-corrected chi connectivity index (χ4v) is 4.91. The molecule has 0 aliphatic heterocycles. The first-order valence-corrected chi connectivity index (χ1v) is 9.92. The van der Waals surface area contributed by atoms with Crippen LogP contribution in [0.15, 0.2) is 23.6 Å². The summed E-state index contributed by atoms with van der Waals surface area (Å²) in [5.74, 6) is 0.563. The predicted molar refractivity (Wildman–Crippen MR) is 84.9 cm³/mol. The molecule has 0 saturated carbocycles. The highest BCUT2D eigenvalue weighted by Gasteiger charge is 2.25. The van der Waals surface area contributed by atoms with Crippen molar-refractivity contribution in [3.05, 3.63) is 23.6 Å². The highest BCUT2D eigenvalue weighted by atomic mass is 28.4. The summed E-state index contributed by atoms with van der Waals surface area (Å²) in [7, 11) is -2.27. The third kappa shape index (κ3) is 9.66. The Bertz CT molecular complexity index is 225. The fraction of sp³-hybridized carbons (Fsp3) is 0.750. The molecule has 0 aliphatic rings. The van der Waals surface area contributed by atoms with Crippen molar-refractivity contribution in [1.82, 2.24) is 0 Å². The molecule has 0 rings (SSSR count). The summed E-state index contributed by atoms with van der Waals surface area (Å²) < 4.78 is 0. The van der Waals surface area contributed by atoms with Gasteiger partial charge in [0.15, 0.2) is 0 Å². The SMILES string of the molecule is CCCCC=C[Si](O)(C=CCCCC)CC(C)C. The lowest BCUT2D eigenvalue weighted by Gasteiger charge is -2.19. The monoisotopic (exact) mass is 268 g/mol. The van der Waals surface area contributed by atoms with Crippen LogP contribution in [0.25, 0.3) is 0 Å². The molecule has 0 unspecified atom stereocenters. The van der Waals surface area contributed by atoms with Gasteiger partial charge in [0.25, 0.3) is 0 Å². The molecule has 0 fully saturated rings. The Morgan fingerprint density at radius 2 is 1.39 bits per heavy atom. The molecule has 0 bridgehead atoms. The first kappa shape index (κ1) is 17.7. The topological polar surface area (TPSA) is 20.2 Å². The van der Waals surface area contributed by atoms with E-state index in [0.29, 0.717) is 5.92 Å². The Labute approximate surface area is 115 Å². The zero-order valence-corrected chi connectivity index (χ0v) is 13.8. The van der Waals surface area contributed by atoms with E-state index in [4.69, 9.17) is 0 Å². The van der Waals surface area contributed by atoms with Gasteiger partial charge in [-0.1, -0.05) is 76.9 Å². The Hall–Kier alpha value is -0.343. The minimum absolute atomic E-state index is 0.563. The molecule has 106 valence electrons. The van der Waals surface area contributed by atoms with Crippen LogP contribution in [0.2, 0.25) is 6.04 Å². The summed E-state index contributed by atoms with van der Waals surface area (Å²) in [5.41, 5.74) is 4.26. The van der Waals surface area contributed by atoms with Gasteiger partial charge in [-0.05, 0) is 24.8 Å². The van der Waals surface area contributed by atoms with Crippen molar-refractivity contribution in [2.24, 2.45) is 5.92 Å². The van der Waals surface area contributed by atoms with Gasteiger partial charge < -0.3 is 4.80 Å². The summed E-state index contributed by atoms with van der Waals surface area (Å²) in [4.78, 5) is 10.7. The molecule has 0 aromatic carbocycles. The number of allylic oxidation sites excluding steroid dienone is 2. The van der Waals surface area contributed by atoms with Gasteiger partial charge in [0, 0.05) is 0 Å². The summed E-state index contributed by atoms with van der Waals surface area (Å²) in [6.07, 6.45) is 11.5. The Kier molecular flexibility index (Phi) is 10.4. The zero-order valence-electron chi connectivity index (χ0n) is 12.8. The van der Waals surface area contributed by atoms with E-state index in [1.165, 1.54) is 25.7 Å². The van der Waals surface area contributed by atoms with Gasteiger partial charge >= 0.3 is 0 Å². The molecule has 1 N–H and O–H groups in total. The van der Waals surface area contributed by atoms with E-state index >= 15 is 0 Å². The van der Waals surface area contributed by atoms with Crippen LogP contribution in [0, 0.1) is 5.92 Å². The van der Waals surface area contributed by atoms with Crippen molar-refractivity contribution in [3.63, 3.8) is 0 Å². The van der Waals surface area contributed by atoms with Crippen LogP contribution in [-0.4, -0.2) is 13.1 Å². The third-order valence-electron chi connectivity index (χ3n) is 3.00. The second-order valence-corrected chi connectivity index (χ2v) is 8.74. The summed E-state index contributed by atoms with van der Waals surface area (Å²) in [6.45, 7) is 8.79. The van der Waals surface area contributed by atoms with Gasteiger partial charge in [0.05, 0.1) is 0 Å². The van der Waals surface area contributed by atoms with E-state index in [1.54, 1.807) is 0 Å². The maximum atomic E-state index is 10.7. The molecule has 0 atom stereocenters. The smallest absolute Gasteiger partial charge is 0.237 e. The van der Waals surface area contributed by atoms with Crippen LogP contribution in [0.3, 0.4) is 0 Å². The summed E-state index contributed by atoms with van der Waals surface area (Å²) >= 11 is 0. The lowest BCUT2D eigenvalue weighted by Crippen LogP contribution is -2.31. The van der Waals surface area contributed by atoms with E-state index in [1.807, 2.05) is 0 Å². The molecule has 0 saturated heterocycles. The van der Waals surface area contributed by atoms with Gasteiger partial charge in [-0.15, -0.1) is 0 Å². The maximum absolute atomic E-state index is 10.7. The van der Waals surface area contributed by atoms with Crippen molar-refractivity contribution in [2.75, 3.05) is 0 Å². The molecular weight excluding hydrogens is 236 g/mol. The van der Waals surface area contributed by atoms with Crippen LogP contribution in [0.1, 0.15) is 66.2 Å². The molecular formula is C16H32OSi. The second kappa shape index (κ2) is 10.6. The standard InChI is InChI=1S/C16H32OSi/c1-5-7-9-11-13-18(17,15-16(3)4)14-12-10-8-6-2/h11-14,16-17H,5-10,15H2,1-4H3. The molecule has 0 aromatic rings. The van der Waals surface area contributed by atoms with Gasteiger partial charge in [-0.2, -0.15) is 0 Å². The van der Waals surface area contributed by atoms with Crippen molar-refractivity contribution in [1.29, 1.82) is 0 Å². The van der Waals surface area contributed by atoms with Gasteiger partial charge in [-0.3, -0.25) is 0 Å². The Balaban J connectivity index is 4.41. The third-order valence-corrected chi connectivity index (χ3v) is 6.09. The average molecular weight is 269 g/mol. The highest BCUT2D eigenvalue weighted by Crippen LogP contribution is 2.18. The van der Waals surface area contributed by atoms with E-state index in [-0.39, 0.29) is 0 Å². The van der Waals surface area contributed by atoms with Crippen molar-refractivity contribution in [2.45, 2.75) is 72.3 Å². The number of hydrogen-bond donors (Lipinski definition) is 1. The van der Waals surface area contributed by atoms with Crippen molar-refractivity contribution < 1.29 is 4.80 Å². The van der Waals surface area contributed by atoms with Crippen molar-refractivity contribution >= 4 is 8.32 Å². The maximum Gasteiger partial charge on any atom is 0.237 e. The van der Waals surface area contributed by atoms with E-state index in [2.05, 4.69) is 51.2 Å². The largest absolute Gasteiger partial charge is 0.425 e. The molecule has 0 heterocycles. The lowest BCUT2D eigenvalue weighted by atomic mass is 10.2. The fourth-order valence-electron chi connectivity index (χ4n) is 2.06. The normalized spacial score (nSPS) is 15.9. The summed E-state index contributed by atoms with van der Waals surface area (Å²) in [6, 6.07) is 0.943. The molecule has 0 radical (unpaired) electrons. The lowest BCUT2D eigenvalue weighted by molar-refractivity contribution is 0.539. The number of rotatable bonds is 10. The molecule has 18 heavy (non-hydrogen) atoms. The molecule has 2 heteroatoms. The molecule has 0 amide bonds. The first-order valence-electron chi connectivity index (χ1n) is 7.61. The van der Waals surface area contributed by atoms with Crippen molar-refractivity contribution in [3.8, 4) is 0 Å². The first-order chi connectivity index (χ1) is 8.54. The van der Waals surface area contributed by atoms with Crippen LogP contribution in [0.4, 0.5) is 0 Å². The molecule has 0 aliphatic carbocycles. The minimum atomic E-state index is -2.27. The second-order valence-electron chi connectivity index (χ2n) is 5.68. The summed E-state index contributed by atoms with van der Waals surface area (Å²) in [5, 5.41) is 0. The Morgan fingerprint density at radius 1 is 0.944 bits per heavy atom. The number of unbranched alkanes of at least 4 members (excludes halogenated alkanes) is 4. The number of hydrogen-bond acceptors (Lipinski definition) is 1. The average Bonchev–Trinajstić information content (AvgIpc) is 2.30.